The van der Waals surface area contributed by atoms with Crippen molar-refractivity contribution < 1.29 is 9.18 Å². The van der Waals surface area contributed by atoms with Crippen molar-refractivity contribution in [3.05, 3.63) is 45.1 Å². The number of carbonyl (C=O) groups excluding carboxylic acids is 1. The molecule has 7 heteroatoms. The van der Waals surface area contributed by atoms with E-state index in [4.69, 9.17) is 0 Å². The first-order valence-corrected chi connectivity index (χ1v) is 8.31. The van der Waals surface area contributed by atoms with Gasteiger partial charge in [-0.05, 0) is 30.2 Å². The number of hydrogen-bond donors (Lipinski definition) is 1. The van der Waals surface area contributed by atoms with E-state index in [0.717, 1.165) is 15.9 Å². The fourth-order valence-electron chi connectivity index (χ4n) is 1.69. The standard InChI is InChI=1S/C15H15BrFN3OS/c1-9(2)7-14-19-20-15(22-14)18-13(21)6-3-10-8-11(16)4-5-12(10)17/h3-6,8-9H,7H2,1-2H3,(H,18,20,21)/b6-3+. The van der Waals surface area contributed by atoms with Gasteiger partial charge in [0.15, 0.2) is 0 Å². The second-order valence-electron chi connectivity index (χ2n) is 5.09. The first-order chi connectivity index (χ1) is 10.4. The van der Waals surface area contributed by atoms with Gasteiger partial charge in [0.1, 0.15) is 10.8 Å². The van der Waals surface area contributed by atoms with Gasteiger partial charge >= 0.3 is 0 Å². The fraction of sp³-hybridized carbons (Fsp3) is 0.267. The summed E-state index contributed by atoms with van der Waals surface area (Å²) in [6.45, 7) is 4.18. The zero-order valence-corrected chi connectivity index (χ0v) is 14.5. The highest BCUT2D eigenvalue weighted by atomic mass is 79.9. The van der Waals surface area contributed by atoms with Gasteiger partial charge in [0, 0.05) is 22.5 Å². The number of halogens is 2. The van der Waals surface area contributed by atoms with Crippen LogP contribution in [0.2, 0.25) is 0 Å². The number of nitrogens with one attached hydrogen (secondary N) is 1. The molecule has 1 amide bonds. The summed E-state index contributed by atoms with van der Waals surface area (Å²) in [5, 5.41) is 11.9. The van der Waals surface area contributed by atoms with Gasteiger partial charge in [-0.15, -0.1) is 10.2 Å². The molecule has 2 rings (SSSR count). The molecule has 1 N–H and O–H groups in total. The van der Waals surface area contributed by atoms with Crippen molar-refractivity contribution in [3.63, 3.8) is 0 Å². The van der Waals surface area contributed by atoms with E-state index in [1.807, 2.05) is 0 Å². The minimum Gasteiger partial charge on any atom is -0.297 e. The summed E-state index contributed by atoms with van der Waals surface area (Å²) >= 11 is 4.61. The van der Waals surface area contributed by atoms with E-state index >= 15 is 0 Å². The van der Waals surface area contributed by atoms with Crippen LogP contribution in [0.5, 0.6) is 0 Å². The Balaban J connectivity index is 1.99. The third kappa shape index (κ3) is 4.99. The Kier molecular flexibility index (Phi) is 5.79. The van der Waals surface area contributed by atoms with E-state index in [-0.39, 0.29) is 11.7 Å². The van der Waals surface area contributed by atoms with Crippen LogP contribution < -0.4 is 5.32 Å². The number of benzene rings is 1. The van der Waals surface area contributed by atoms with Crippen molar-refractivity contribution in [2.45, 2.75) is 20.3 Å². The fourth-order valence-corrected chi connectivity index (χ4v) is 3.02. The summed E-state index contributed by atoms with van der Waals surface area (Å²) in [6.07, 6.45) is 3.52. The topological polar surface area (TPSA) is 54.9 Å². The molecule has 22 heavy (non-hydrogen) atoms. The molecule has 0 fully saturated rings. The van der Waals surface area contributed by atoms with E-state index in [9.17, 15) is 9.18 Å². The van der Waals surface area contributed by atoms with Crippen LogP contribution in [0.25, 0.3) is 6.08 Å². The summed E-state index contributed by atoms with van der Waals surface area (Å²) in [5.74, 6) is -0.273. The largest absolute Gasteiger partial charge is 0.297 e. The molecule has 0 spiro atoms. The Morgan fingerprint density at radius 1 is 1.45 bits per heavy atom. The first kappa shape index (κ1) is 16.8. The van der Waals surface area contributed by atoms with E-state index in [1.54, 1.807) is 12.1 Å². The van der Waals surface area contributed by atoms with Crippen molar-refractivity contribution in [3.8, 4) is 0 Å². The number of anilines is 1. The lowest BCUT2D eigenvalue weighted by Gasteiger charge is -1.98. The molecule has 0 bridgehead atoms. The van der Waals surface area contributed by atoms with E-state index in [1.165, 1.54) is 29.6 Å². The van der Waals surface area contributed by atoms with Crippen molar-refractivity contribution in [2.24, 2.45) is 5.92 Å². The lowest BCUT2D eigenvalue weighted by atomic mass is 10.1. The summed E-state index contributed by atoms with van der Waals surface area (Å²) in [6, 6.07) is 4.54. The molecular formula is C15H15BrFN3OS. The lowest BCUT2D eigenvalue weighted by Crippen LogP contribution is -2.07. The zero-order valence-electron chi connectivity index (χ0n) is 12.1. The van der Waals surface area contributed by atoms with Gasteiger partial charge in [0.25, 0.3) is 0 Å². The Bertz CT molecular complexity index is 700. The van der Waals surface area contributed by atoms with Crippen molar-refractivity contribution >= 4 is 44.4 Å². The van der Waals surface area contributed by atoms with E-state index in [0.29, 0.717) is 16.6 Å². The third-order valence-corrected chi connectivity index (χ3v) is 4.01. The predicted molar refractivity (Wildman–Crippen MR) is 90.2 cm³/mol. The Morgan fingerprint density at radius 2 is 2.23 bits per heavy atom. The maximum absolute atomic E-state index is 13.5. The SMILES string of the molecule is CC(C)Cc1nnc(NC(=O)/C=C/c2cc(Br)ccc2F)s1. The van der Waals surface area contributed by atoms with Crippen LogP contribution in [0, 0.1) is 11.7 Å². The highest BCUT2D eigenvalue weighted by Gasteiger charge is 2.08. The lowest BCUT2D eigenvalue weighted by molar-refractivity contribution is -0.111. The number of aromatic nitrogens is 2. The zero-order chi connectivity index (χ0) is 16.1. The maximum Gasteiger partial charge on any atom is 0.250 e. The van der Waals surface area contributed by atoms with Crippen molar-refractivity contribution in [1.29, 1.82) is 0 Å². The van der Waals surface area contributed by atoms with Crippen molar-refractivity contribution in [1.82, 2.24) is 10.2 Å². The molecule has 1 heterocycles. The van der Waals surface area contributed by atoms with Crippen LogP contribution in [0.4, 0.5) is 9.52 Å². The first-order valence-electron chi connectivity index (χ1n) is 6.70. The van der Waals surface area contributed by atoms with Gasteiger partial charge < -0.3 is 0 Å². The molecule has 2 aromatic rings. The predicted octanol–water partition coefficient (Wildman–Crippen LogP) is 4.29. The number of hydrogen-bond acceptors (Lipinski definition) is 4. The van der Waals surface area contributed by atoms with Crippen LogP contribution in [-0.4, -0.2) is 16.1 Å². The Labute approximate surface area is 140 Å². The molecule has 0 aliphatic heterocycles. The highest BCUT2D eigenvalue weighted by molar-refractivity contribution is 9.10. The Hall–Kier alpha value is -1.60. The highest BCUT2D eigenvalue weighted by Crippen LogP contribution is 2.19. The summed E-state index contributed by atoms with van der Waals surface area (Å²) < 4.78 is 14.3. The minimum atomic E-state index is -0.387. The number of carbonyl (C=O) groups is 1. The van der Waals surface area contributed by atoms with Gasteiger partial charge in [-0.2, -0.15) is 0 Å². The number of amides is 1. The molecule has 0 radical (unpaired) electrons. The number of nitrogens with zero attached hydrogens (tertiary/aromatic N) is 2. The van der Waals surface area contributed by atoms with Gasteiger partial charge in [-0.3, -0.25) is 10.1 Å². The quantitative estimate of drug-likeness (QED) is 0.783. The minimum absolute atomic E-state index is 0.335. The number of rotatable bonds is 5. The summed E-state index contributed by atoms with van der Waals surface area (Å²) in [4.78, 5) is 11.8. The molecular weight excluding hydrogens is 369 g/mol. The maximum atomic E-state index is 13.5. The molecule has 1 aromatic heterocycles. The molecule has 0 unspecified atom stereocenters. The summed E-state index contributed by atoms with van der Waals surface area (Å²) in [5.41, 5.74) is 0.335. The van der Waals surface area contributed by atoms with Gasteiger partial charge in [0.05, 0.1) is 0 Å². The molecule has 1 aromatic carbocycles. The second kappa shape index (κ2) is 7.60. The van der Waals surface area contributed by atoms with E-state index in [2.05, 4.69) is 45.3 Å². The summed E-state index contributed by atoms with van der Waals surface area (Å²) in [7, 11) is 0. The monoisotopic (exact) mass is 383 g/mol. The molecule has 0 aliphatic carbocycles. The van der Waals surface area contributed by atoms with E-state index < -0.39 is 0 Å². The van der Waals surface area contributed by atoms with Crippen molar-refractivity contribution in [2.75, 3.05) is 5.32 Å². The van der Waals surface area contributed by atoms with Gasteiger partial charge in [-0.25, -0.2) is 4.39 Å². The molecule has 116 valence electrons. The average Bonchev–Trinajstić information content (AvgIpc) is 2.86. The Morgan fingerprint density at radius 3 is 2.95 bits per heavy atom. The molecule has 0 atom stereocenters. The normalized spacial score (nSPS) is 11.3. The van der Waals surface area contributed by atoms with Crippen LogP contribution in [-0.2, 0) is 11.2 Å². The third-order valence-electron chi connectivity index (χ3n) is 2.65. The molecule has 0 aliphatic rings. The van der Waals surface area contributed by atoms with Crippen LogP contribution in [0.15, 0.2) is 28.7 Å². The smallest absolute Gasteiger partial charge is 0.250 e. The van der Waals surface area contributed by atoms with Crippen LogP contribution >= 0.6 is 27.3 Å². The van der Waals surface area contributed by atoms with Crippen LogP contribution in [0.1, 0.15) is 24.4 Å². The molecule has 4 nitrogen and oxygen atoms in total. The average molecular weight is 384 g/mol. The molecule has 0 saturated heterocycles. The van der Waals surface area contributed by atoms with Crippen LogP contribution in [0.3, 0.4) is 0 Å². The second-order valence-corrected chi connectivity index (χ2v) is 7.07. The molecule has 0 saturated carbocycles. The van der Waals surface area contributed by atoms with Gasteiger partial charge in [-0.1, -0.05) is 41.1 Å². The van der Waals surface area contributed by atoms with Gasteiger partial charge in [0.2, 0.25) is 11.0 Å².